The van der Waals surface area contributed by atoms with Crippen molar-refractivity contribution in [3.8, 4) is 0 Å². The molecular formula is C15H19N3O2S2. The number of nitrogens with zero attached hydrogens (tertiary/aromatic N) is 2. The van der Waals surface area contributed by atoms with Gasteiger partial charge < -0.3 is 5.32 Å². The number of carbonyl (C=O) groups is 1. The molecule has 22 heavy (non-hydrogen) atoms. The summed E-state index contributed by atoms with van der Waals surface area (Å²) in [5, 5.41) is 4.30. The molecule has 0 atom stereocenters. The van der Waals surface area contributed by atoms with Crippen LogP contribution in [0.4, 0.5) is 0 Å². The molecule has 0 spiro atoms. The minimum Gasteiger partial charge on any atom is -0.353 e. The minimum atomic E-state index is -0.000508. The SMILES string of the molecule is CCn1c(SCC(=O)NC2CC2)nc2sc(C)c(C)c2c1=O. The molecule has 1 aliphatic carbocycles. The third-order valence-electron chi connectivity index (χ3n) is 3.84. The molecule has 0 saturated heterocycles. The highest BCUT2D eigenvalue weighted by molar-refractivity contribution is 7.99. The molecule has 118 valence electrons. The smallest absolute Gasteiger partial charge is 0.263 e. The van der Waals surface area contributed by atoms with Gasteiger partial charge in [0.25, 0.3) is 5.56 Å². The fourth-order valence-corrected chi connectivity index (χ4v) is 4.27. The lowest BCUT2D eigenvalue weighted by atomic mass is 10.2. The molecule has 1 aliphatic rings. The Morgan fingerprint density at radius 1 is 1.45 bits per heavy atom. The topological polar surface area (TPSA) is 64.0 Å². The van der Waals surface area contributed by atoms with Crippen LogP contribution < -0.4 is 10.9 Å². The molecule has 0 bridgehead atoms. The highest BCUT2D eigenvalue weighted by atomic mass is 32.2. The first-order valence-corrected chi connectivity index (χ1v) is 9.24. The number of carbonyl (C=O) groups excluding carboxylic acids is 1. The van der Waals surface area contributed by atoms with Crippen LogP contribution in [0.15, 0.2) is 9.95 Å². The van der Waals surface area contributed by atoms with Crippen LogP contribution in [0.2, 0.25) is 0 Å². The fourth-order valence-electron chi connectivity index (χ4n) is 2.32. The van der Waals surface area contributed by atoms with Crippen molar-refractivity contribution >= 4 is 39.2 Å². The van der Waals surface area contributed by atoms with Crippen molar-refractivity contribution in [2.24, 2.45) is 0 Å². The van der Waals surface area contributed by atoms with Gasteiger partial charge in [-0.2, -0.15) is 0 Å². The summed E-state index contributed by atoms with van der Waals surface area (Å²) in [6.07, 6.45) is 2.15. The van der Waals surface area contributed by atoms with Crippen molar-refractivity contribution in [1.29, 1.82) is 0 Å². The van der Waals surface area contributed by atoms with Crippen LogP contribution in [0.25, 0.3) is 10.2 Å². The average Bonchev–Trinajstić information content (AvgIpc) is 3.23. The van der Waals surface area contributed by atoms with Crippen LogP contribution >= 0.6 is 23.1 Å². The summed E-state index contributed by atoms with van der Waals surface area (Å²) in [4.78, 5) is 31.0. The average molecular weight is 337 g/mol. The van der Waals surface area contributed by atoms with Crippen molar-refractivity contribution in [1.82, 2.24) is 14.9 Å². The van der Waals surface area contributed by atoms with Gasteiger partial charge in [-0.3, -0.25) is 14.2 Å². The Labute approximate surface area is 137 Å². The lowest BCUT2D eigenvalue weighted by molar-refractivity contribution is -0.118. The van der Waals surface area contributed by atoms with E-state index in [1.807, 2.05) is 20.8 Å². The number of rotatable bonds is 5. The molecule has 0 unspecified atom stereocenters. The van der Waals surface area contributed by atoms with E-state index in [1.165, 1.54) is 11.8 Å². The van der Waals surface area contributed by atoms with Crippen molar-refractivity contribution in [2.75, 3.05) is 5.75 Å². The van der Waals surface area contributed by atoms with E-state index in [1.54, 1.807) is 15.9 Å². The molecule has 1 saturated carbocycles. The van der Waals surface area contributed by atoms with Crippen molar-refractivity contribution in [3.63, 3.8) is 0 Å². The second-order valence-corrected chi connectivity index (χ2v) is 7.68. The van der Waals surface area contributed by atoms with E-state index in [2.05, 4.69) is 10.3 Å². The Kier molecular flexibility index (Phi) is 4.27. The molecule has 7 heteroatoms. The lowest BCUT2D eigenvalue weighted by Gasteiger charge is -2.10. The third kappa shape index (κ3) is 2.92. The third-order valence-corrected chi connectivity index (χ3v) is 5.92. The highest BCUT2D eigenvalue weighted by Crippen LogP contribution is 2.28. The maximum atomic E-state index is 12.7. The summed E-state index contributed by atoms with van der Waals surface area (Å²) in [7, 11) is 0. The summed E-state index contributed by atoms with van der Waals surface area (Å²) < 4.78 is 1.66. The van der Waals surface area contributed by atoms with Gasteiger partial charge in [0.1, 0.15) is 4.83 Å². The maximum Gasteiger partial charge on any atom is 0.263 e. The quantitative estimate of drug-likeness (QED) is 0.672. The van der Waals surface area contributed by atoms with Crippen molar-refractivity contribution in [3.05, 3.63) is 20.8 Å². The summed E-state index contributed by atoms with van der Waals surface area (Å²) in [6.45, 7) is 6.46. The Bertz CT molecular complexity index is 790. The summed E-state index contributed by atoms with van der Waals surface area (Å²) >= 11 is 2.88. The molecule has 0 aliphatic heterocycles. The van der Waals surface area contributed by atoms with Gasteiger partial charge in [0.15, 0.2) is 5.16 Å². The number of hydrogen-bond donors (Lipinski definition) is 1. The van der Waals surface area contributed by atoms with Gasteiger partial charge in [-0.1, -0.05) is 11.8 Å². The van der Waals surface area contributed by atoms with Gasteiger partial charge >= 0.3 is 0 Å². The van der Waals surface area contributed by atoms with Crippen LogP contribution in [0.3, 0.4) is 0 Å². The zero-order chi connectivity index (χ0) is 15.9. The number of nitrogens with one attached hydrogen (secondary N) is 1. The zero-order valence-electron chi connectivity index (χ0n) is 12.9. The number of hydrogen-bond acceptors (Lipinski definition) is 5. The fraction of sp³-hybridized carbons (Fsp3) is 0.533. The van der Waals surface area contributed by atoms with Crippen LogP contribution in [-0.4, -0.2) is 27.3 Å². The molecule has 1 N–H and O–H groups in total. The molecule has 0 radical (unpaired) electrons. The molecule has 1 fully saturated rings. The van der Waals surface area contributed by atoms with Crippen LogP contribution in [0.5, 0.6) is 0 Å². The van der Waals surface area contributed by atoms with E-state index in [0.717, 1.165) is 33.5 Å². The number of fused-ring (bicyclic) bond motifs is 1. The predicted molar refractivity (Wildman–Crippen MR) is 90.9 cm³/mol. The first kappa shape index (κ1) is 15.6. The van der Waals surface area contributed by atoms with Gasteiger partial charge in [-0.25, -0.2) is 4.98 Å². The van der Waals surface area contributed by atoms with Gasteiger partial charge in [0, 0.05) is 17.5 Å². The largest absolute Gasteiger partial charge is 0.353 e. The predicted octanol–water partition coefficient (Wildman–Crippen LogP) is 2.47. The monoisotopic (exact) mass is 337 g/mol. The van der Waals surface area contributed by atoms with Gasteiger partial charge in [-0.05, 0) is 39.2 Å². The van der Waals surface area contributed by atoms with E-state index >= 15 is 0 Å². The number of thioether (sulfide) groups is 1. The second kappa shape index (κ2) is 6.04. The van der Waals surface area contributed by atoms with Gasteiger partial charge in [0.2, 0.25) is 5.91 Å². The number of thiophene rings is 1. The Hall–Kier alpha value is -1.34. The zero-order valence-corrected chi connectivity index (χ0v) is 14.6. The van der Waals surface area contributed by atoms with Crippen LogP contribution in [0, 0.1) is 13.8 Å². The van der Waals surface area contributed by atoms with E-state index in [-0.39, 0.29) is 11.5 Å². The highest BCUT2D eigenvalue weighted by Gasteiger charge is 2.23. The second-order valence-electron chi connectivity index (χ2n) is 5.54. The maximum absolute atomic E-state index is 12.7. The van der Waals surface area contributed by atoms with Crippen molar-refractivity contribution in [2.45, 2.75) is 51.4 Å². The van der Waals surface area contributed by atoms with E-state index < -0.39 is 0 Å². The van der Waals surface area contributed by atoms with E-state index in [4.69, 9.17) is 0 Å². The standard InChI is InChI=1S/C15H19N3O2S2/c1-4-18-14(20)12-8(2)9(3)22-13(12)17-15(18)21-7-11(19)16-10-5-6-10/h10H,4-7H2,1-3H3,(H,16,19). The molecule has 2 aromatic rings. The molecule has 0 aromatic carbocycles. The van der Waals surface area contributed by atoms with Crippen molar-refractivity contribution < 1.29 is 4.79 Å². The van der Waals surface area contributed by atoms with E-state index in [9.17, 15) is 9.59 Å². The Balaban J connectivity index is 1.90. The lowest BCUT2D eigenvalue weighted by Crippen LogP contribution is -2.28. The van der Waals surface area contributed by atoms with E-state index in [0.29, 0.717) is 23.5 Å². The molecular weight excluding hydrogens is 318 g/mol. The number of amides is 1. The number of aromatic nitrogens is 2. The summed E-state index contributed by atoms with van der Waals surface area (Å²) in [5.41, 5.74) is 1.02. The molecule has 5 nitrogen and oxygen atoms in total. The molecule has 3 rings (SSSR count). The molecule has 2 aromatic heterocycles. The van der Waals surface area contributed by atoms with Gasteiger partial charge in [-0.15, -0.1) is 11.3 Å². The molecule has 1 amide bonds. The normalized spacial score (nSPS) is 14.5. The first-order valence-electron chi connectivity index (χ1n) is 7.44. The number of aryl methyl sites for hydroxylation is 2. The molecule has 2 heterocycles. The first-order chi connectivity index (χ1) is 10.5. The van der Waals surface area contributed by atoms with Crippen LogP contribution in [0.1, 0.15) is 30.2 Å². The summed E-state index contributed by atoms with van der Waals surface area (Å²) in [6, 6.07) is 0.361. The summed E-state index contributed by atoms with van der Waals surface area (Å²) in [5.74, 6) is 0.320. The van der Waals surface area contributed by atoms with Crippen LogP contribution in [-0.2, 0) is 11.3 Å². The Morgan fingerprint density at radius 3 is 2.82 bits per heavy atom. The van der Waals surface area contributed by atoms with Gasteiger partial charge in [0.05, 0.1) is 11.1 Å². The minimum absolute atomic E-state index is 0.000508. The Morgan fingerprint density at radius 2 is 2.18 bits per heavy atom.